The van der Waals surface area contributed by atoms with Crippen LogP contribution in [0.2, 0.25) is 0 Å². The highest BCUT2D eigenvalue weighted by atomic mass is 32.2. The number of aromatic nitrogens is 2. The fraction of sp³-hybridized carbons (Fsp3) is 0.458. The van der Waals surface area contributed by atoms with Gasteiger partial charge >= 0.3 is 6.18 Å². The van der Waals surface area contributed by atoms with Crippen molar-refractivity contribution in [3.63, 3.8) is 0 Å². The van der Waals surface area contributed by atoms with E-state index in [1.165, 1.54) is 29.5 Å². The molecule has 0 bridgehead atoms. The molecule has 0 saturated carbocycles. The first-order valence-corrected chi connectivity index (χ1v) is 13.1. The van der Waals surface area contributed by atoms with E-state index in [4.69, 9.17) is 4.98 Å². The molecule has 3 aromatic rings. The molecule has 180 valence electrons. The molecule has 2 aromatic heterocycles. The summed E-state index contributed by atoms with van der Waals surface area (Å²) in [5, 5.41) is -0.0475. The molecule has 2 aliphatic rings. The molecule has 5 nitrogen and oxygen atoms in total. The smallest absolute Gasteiger partial charge is 0.342 e. The Hall–Kier alpha value is -2.33. The van der Waals surface area contributed by atoms with Crippen molar-refractivity contribution in [3.05, 3.63) is 50.6 Å². The zero-order valence-electron chi connectivity index (χ0n) is 18.7. The Kier molecular flexibility index (Phi) is 6.22. The minimum Gasteiger partial charge on any atom is -0.342 e. The predicted molar refractivity (Wildman–Crippen MR) is 128 cm³/mol. The van der Waals surface area contributed by atoms with Gasteiger partial charge in [0, 0.05) is 18.0 Å². The van der Waals surface area contributed by atoms with E-state index in [1.807, 2.05) is 0 Å². The zero-order chi connectivity index (χ0) is 24.0. The summed E-state index contributed by atoms with van der Waals surface area (Å²) >= 11 is 2.50. The second-order valence-electron chi connectivity index (χ2n) is 8.73. The zero-order valence-corrected chi connectivity index (χ0v) is 20.3. The molecule has 0 unspecified atom stereocenters. The topological polar surface area (TPSA) is 55.2 Å². The van der Waals surface area contributed by atoms with Crippen molar-refractivity contribution < 1.29 is 18.0 Å². The minimum absolute atomic E-state index is 0.0852. The van der Waals surface area contributed by atoms with Crippen LogP contribution in [-0.4, -0.2) is 38.7 Å². The highest BCUT2D eigenvalue weighted by Crippen LogP contribution is 2.38. The number of amides is 1. The number of nitrogens with zero attached hydrogens (tertiary/aromatic N) is 3. The van der Waals surface area contributed by atoms with E-state index < -0.39 is 22.5 Å². The van der Waals surface area contributed by atoms with Crippen LogP contribution in [-0.2, 0) is 23.8 Å². The average molecular weight is 508 g/mol. The number of fused-ring (bicyclic) bond motifs is 3. The fourth-order valence-electron chi connectivity index (χ4n) is 4.79. The second kappa shape index (κ2) is 9.03. The van der Waals surface area contributed by atoms with E-state index >= 15 is 0 Å². The third kappa shape index (κ3) is 4.15. The van der Waals surface area contributed by atoms with Crippen molar-refractivity contribution in [1.29, 1.82) is 0 Å². The van der Waals surface area contributed by atoms with Crippen LogP contribution in [0, 0.1) is 0 Å². The number of likely N-dealkylation sites (tertiary alicyclic amines) is 1. The quantitative estimate of drug-likeness (QED) is 0.348. The van der Waals surface area contributed by atoms with Gasteiger partial charge in [-0.25, -0.2) is 4.98 Å². The highest BCUT2D eigenvalue weighted by Gasteiger charge is 2.36. The Morgan fingerprint density at radius 2 is 1.82 bits per heavy atom. The van der Waals surface area contributed by atoms with E-state index in [0.717, 1.165) is 71.4 Å². The average Bonchev–Trinajstić information content (AvgIpc) is 3.46. The molecular weight excluding hydrogens is 483 g/mol. The maximum absolute atomic E-state index is 13.9. The van der Waals surface area contributed by atoms with E-state index in [2.05, 4.69) is 0 Å². The van der Waals surface area contributed by atoms with E-state index in [1.54, 1.807) is 11.8 Å². The minimum atomic E-state index is -4.64. The van der Waals surface area contributed by atoms with Gasteiger partial charge in [0.15, 0.2) is 5.16 Å². The number of aryl methyl sites for hydroxylation is 2. The molecule has 0 spiro atoms. The van der Waals surface area contributed by atoms with Crippen molar-refractivity contribution in [3.8, 4) is 5.69 Å². The van der Waals surface area contributed by atoms with Gasteiger partial charge in [0.2, 0.25) is 5.91 Å². The number of hydrogen-bond acceptors (Lipinski definition) is 5. The summed E-state index contributed by atoms with van der Waals surface area (Å²) in [7, 11) is 0. The third-order valence-corrected chi connectivity index (χ3v) is 8.68. The van der Waals surface area contributed by atoms with Crippen LogP contribution >= 0.6 is 23.1 Å². The molecule has 0 radical (unpaired) electrons. The normalized spacial score (nSPS) is 17.2. The first kappa shape index (κ1) is 23.4. The van der Waals surface area contributed by atoms with Gasteiger partial charge < -0.3 is 4.90 Å². The number of halogens is 3. The molecule has 1 aromatic carbocycles. The van der Waals surface area contributed by atoms with Gasteiger partial charge in [-0.05, 0) is 63.1 Å². The van der Waals surface area contributed by atoms with Gasteiger partial charge in [-0.2, -0.15) is 13.2 Å². The summed E-state index contributed by atoms with van der Waals surface area (Å²) in [6.45, 7) is 3.08. The summed E-state index contributed by atoms with van der Waals surface area (Å²) in [6, 6.07) is 5.07. The van der Waals surface area contributed by atoms with Crippen LogP contribution in [0.15, 0.2) is 34.2 Å². The van der Waals surface area contributed by atoms with Gasteiger partial charge in [0.05, 0.1) is 21.9 Å². The molecule has 34 heavy (non-hydrogen) atoms. The third-order valence-electron chi connectivity index (χ3n) is 6.46. The number of hydrogen-bond donors (Lipinski definition) is 0. The number of carbonyl (C=O) groups is 1. The lowest BCUT2D eigenvalue weighted by molar-refractivity contribution is -0.137. The maximum atomic E-state index is 13.9. The van der Waals surface area contributed by atoms with Crippen molar-refractivity contribution in [1.82, 2.24) is 14.5 Å². The van der Waals surface area contributed by atoms with Gasteiger partial charge in [-0.3, -0.25) is 14.2 Å². The molecule has 0 N–H and O–H groups in total. The monoisotopic (exact) mass is 507 g/mol. The van der Waals surface area contributed by atoms with Crippen LogP contribution in [0.3, 0.4) is 0 Å². The Balaban J connectivity index is 1.70. The highest BCUT2D eigenvalue weighted by molar-refractivity contribution is 8.00. The van der Waals surface area contributed by atoms with Gasteiger partial charge in [-0.15, -0.1) is 11.3 Å². The van der Waals surface area contributed by atoms with E-state index in [9.17, 15) is 22.8 Å². The summed E-state index contributed by atoms with van der Waals surface area (Å²) in [4.78, 5) is 34.9. The molecule has 3 heterocycles. The molecular formula is C24H24F3N3O2S2. The number of rotatable bonds is 4. The molecule has 1 fully saturated rings. The lowest BCUT2D eigenvalue weighted by Gasteiger charge is -2.22. The summed E-state index contributed by atoms with van der Waals surface area (Å²) in [5.74, 6) is -0.0852. The number of thiophene rings is 1. The van der Waals surface area contributed by atoms with Gasteiger partial charge in [0.25, 0.3) is 5.56 Å². The first-order chi connectivity index (χ1) is 16.3. The second-order valence-corrected chi connectivity index (χ2v) is 11.1. The summed E-state index contributed by atoms with van der Waals surface area (Å²) < 4.78 is 42.8. The molecule has 1 aliphatic heterocycles. The maximum Gasteiger partial charge on any atom is 0.418 e. The van der Waals surface area contributed by atoms with Gasteiger partial charge in [0.1, 0.15) is 4.83 Å². The number of carbonyl (C=O) groups excluding carboxylic acids is 1. The van der Waals surface area contributed by atoms with Gasteiger partial charge in [-0.1, -0.05) is 23.9 Å². The summed E-state index contributed by atoms with van der Waals surface area (Å²) in [6.07, 6.45) is 0.779. The van der Waals surface area contributed by atoms with Crippen LogP contribution in [0.5, 0.6) is 0 Å². The molecule has 1 aliphatic carbocycles. The Bertz CT molecular complexity index is 1310. The summed E-state index contributed by atoms with van der Waals surface area (Å²) in [5.41, 5.74) is -0.736. The van der Waals surface area contributed by atoms with Crippen LogP contribution in [0.4, 0.5) is 13.2 Å². The van der Waals surface area contributed by atoms with Crippen molar-refractivity contribution in [2.45, 2.75) is 62.0 Å². The molecule has 1 saturated heterocycles. The van der Waals surface area contributed by atoms with E-state index in [0.29, 0.717) is 23.3 Å². The largest absolute Gasteiger partial charge is 0.418 e. The van der Waals surface area contributed by atoms with Crippen molar-refractivity contribution in [2.24, 2.45) is 0 Å². The predicted octanol–water partition coefficient (Wildman–Crippen LogP) is 5.45. The lowest BCUT2D eigenvalue weighted by atomic mass is 9.97. The van der Waals surface area contributed by atoms with Crippen molar-refractivity contribution >= 4 is 39.2 Å². The van der Waals surface area contributed by atoms with Crippen LogP contribution in [0.25, 0.3) is 15.9 Å². The SMILES string of the molecule is C[C@@H](Sc1nc2sc3c(c2c(=O)n1-c1ccccc1C(F)(F)F)CCCC3)C(=O)N1CCCC1. The fourth-order valence-corrected chi connectivity index (χ4v) is 7.10. The van der Waals surface area contributed by atoms with Crippen LogP contribution in [0.1, 0.15) is 48.6 Å². The Morgan fingerprint density at radius 3 is 2.56 bits per heavy atom. The van der Waals surface area contributed by atoms with Crippen LogP contribution < -0.4 is 5.56 Å². The lowest BCUT2D eigenvalue weighted by Crippen LogP contribution is -2.34. The van der Waals surface area contributed by atoms with Crippen molar-refractivity contribution in [2.75, 3.05) is 13.1 Å². The Labute approximate surface area is 203 Å². The molecule has 1 atom stereocenters. The molecule has 1 amide bonds. The Morgan fingerprint density at radius 1 is 1.12 bits per heavy atom. The number of para-hydroxylation sites is 1. The number of thioether (sulfide) groups is 1. The molecule has 5 rings (SSSR count). The van der Waals surface area contributed by atoms with E-state index in [-0.39, 0.29) is 16.8 Å². The number of benzene rings is 1. The first-order valence-electron chi connectivity index (χ1n) is 11.4. The number of alkyl halides is 3. The molecule has 10 heteroatoms. The standard InChI is InChI=1S/C24H24F3N3O2S2/c1-14(21(31)29-12-6-7-13-29)33-23-28-20-19(15-8-2-5-11-18(15)34-20)22(32)30(23)17-10-4-3-9-16(17)24(25,26)27/h3-4,9-10,14H,2,5-8,11-13H2,1H3/t14-/m1/s1.